The molecule has 3 aromatic rings. The molecular formula is C16H7Cl2F6N3S2. The molecule has 2 aromatic carbocycles. The number of aromatic nitrogens is 2. The van der Waals surface area contributed by atoms with Crippen LogP contribution in [0.1, 0.15) is 5.56 Å². The van der Waals surface area contributed by atoms with Gasteiger partial charge >= 0.3 is 11.7 Å². The second kappa shape index (κ2) is 7.86. The lowest BCUT2D eigenvalue weighted by Crippen LogP contribution is -2.14. The average molecular weight is 490 g/mol. The standard InChI is InChI=1S/C16H7Cl2F6N3S2/c17-9-5-7(15(19,20)21)6-10(18)12(9)27-14(25)28-13(26-27)8-3-1-2-4-11(8)29-16(22,23)24/h1-6,25H. The fraction of sp³-hybridized carbons (Fsp3) is 0.125. The molecule has 0 saturated heterocycles. The summed E-state index contributed by atoms with van der Waals surface area (Å²) in [6.45, 7) is 0. The van der Waals surface area contributed by atoms with Crippen LogP contribution in [0.3, 0.4) is 0 Å². The predicted octanol–water partition coefficient (Wildman–Crippen LogP) is 7.02. The minimum atomic E-state index is -4.68. The first-order valence-corrected chi connectivity index (χ1v) is 9.82. The van der Waals surface area contributed by atoms with Crippen molar-refractivity contribution in [2.24, 2.45) is 0 Å². The van der Waals surface area contributed by atoms with Crippen LogP contribution in [-0.2, 0) is 6.18 Å². The van der Waals surface area contributed by atoms with E-state index >= 15 is 0 Å². The molecule has 0 amide bonds. The van der Waals surface area contributed by atoms with E-state index in [1.54, 1.807) is 0 Å². The molecule has 1 heterocycles. The largest absolute Gasteiger partial charge is 0.446 e. The fourth-order valence-corrected chi connectivity index (χ4v) is 4.53. The third-order valence-corrected chi connectivity index (χ3v) is 5.72. The molecule has 0 unspecified atom stereocenters. The van der Waals surface area contributed by atoms with E-state index in [-0.39, 0.29) is 37.7 Å². The molecule has 1 N–H and O–H groups in total. The van der Waals surface area contributed by atoms with Gasteiger partial charge in [0.25, 0.3) is 0 Å². The molecule has 0 aliphatic carbocycles. The van der Waals surface area contributed by atoms with E-state index in [4.69, 9.17) is 28.6 Å². The van der Waals surface area contributed by atoms with Gasteiger partial charge in [-0.05, 0) is 30.0 Å². The maximum atomic E-state index is 12.9. The van der Waals surface area contributed by atoms with Crippen molar-refractivity contribution in [3.8, 4) is 16.3 Å². The number of nitrogens with zero attached hydrogens (tertiary/aromatic N) is 2. The van der Waals surface area contributed by atoms with Gasteiger partial charge in [0.15, 0.2) is 0 Å². The van der Waals surface area contributed by atoms with Crippen molar-refractivity contribution in [3.63, 3.8) is 0 Å². The Labute approximate surface area is 177 Å². The van der Waals surface area contributed by atoms with Crippen molar-refractivity contribution in [3.05, 3.63) is 56.8 Å². The highest BCUT2D eigenvalue weighted by molar-refractivity contribution is 8.00. The number of thioether (sulfide) groups is 1. The maximum absolute atomic E-state index is 12.9. The molecule has 0 saturated carbocycles. The number of rotatable bonds is 3. The average Bonchev–Trinajstić information content (AvgIpc) is 2.94. The van der Waals surface area contributed by atoms with E-state index < -0.39 is 27.3 Å². The predicted molar refractivity (Wildman–Crippen MR) is 99.7 cm³/mol. The Kier molecular flexibility index (Phi) is 5.96. The maximum Gasteiger partial charge on any atom is 0.446 e. The molecule has 29 heavy (non-hydrogen) atoms. The first-order chi connectivity index (χ1) is 13.4. The van der Waals surface area contributed by atoms with Crippen LogP contribution in [-0.4, -0.2) is 15.3 Å². The molecule has 0 atom stereocenters. The minimum Gasteiger partial charge on any atom is -0.273 e. The Morgan fingerprint density at radius 2 is 1.59 bits per heavy atom. The minimum absolute atomic E-state index is 0.0504. The van der Waals surface area contributed by atoms with Crippen LogP contribution in [0.2, 0.25) is 10.0 Å². The fourth-order valence-electron chi connectivity index (χ4n) is 2.34. The molecule has 0 spiro atoms. The summed E-state index contributed by atoms with van der Waals surface area (Å²) >= 11 is 12.3. The van der Waals surface area contributed by atoms with Gasteiger partial charge in [0.05, 0.1) is 15.6 Å². The summed E-state index contributed by atoms with van der Waals surface area (Å²) in [5, 5.41) is 11.4. The Morgan fingerprint density at radius 3 is 2.14 bits per heavy atom. The van der Waals surface area contributed by atoms with Gasteiger partial charge in [0, 0.05) is 10.5 Å². The molecule has 0 radical (unpaired) electrons. The number of alkyl halides is 6. The van der Waals surface area contributed by atoms with Crippen LogP contribution in [0.4, 0.5) is 26.3 Å². The molecule has 3 nitrogen and oxygen atoms in total. The lowest BCUT2D eigenvalue weighted by atomic mass is 10.2. The second-order valence-electron chi connectivity index (χ2n) is 5.45. The van der Waals surface area contributed by atoms with Crippen LogP contribution in [0.25, 0.3) is 16.3 Å². The zero-order valence-corrected chi connectivity index (χ0v) is 16.8. The zero-order valence-electron chi connectivity index (χ0n) is 13.7. The number of hydrogen-bond acceptors (Lipinski definition) is 4. The van der Waals surface area contributed by atoms with Crippen molar-refractivity contribution >= 4 is 46.3 Å². The first kappa shape index (κ1) is 22.0. The van der Waals surface area contributed by atoms with Crippen molar-refractivity contribution in [2.75, 3.05) is 0 Å². The van der Waals surface area contributed by atoms with Gasteiger partial charge < -0.3 is 0 Å². The normalized spacial score (nSPS) is 12.4. The van der Waals surface area contributed by atoms with E-state index in [9.17, 15) is 26.3 Å². The Morgan fingerprint density at radius 1 is 1.00 bits per heavy atom. The second-order valence-corrected chi connectivity index (χ2v) is 8.35. The van der Waals surface area contributed by atoms with Crippen molar-refractivity contribution in [1.82, 2.24) is 9.78 Å². The number of hydrogen-bond donors (Lipinski definition) is 1. The summed E-state index contributed by atoms with van der Waals surface area (Å²) in [5.74, 6) is 0. The van der Waals surface area contributed by atoms with Gasteiger partial charge in [-0.15, -0.1) is 0 Å². The molecular weight excluding hydrogens is 483 g/mol. The summed E-state index contributed by atoms with van der Waals surface area (Å²) in [6, 6.07) is 6.85. The van der Waals surface area contributed by atoms with Crippen LogP contribution >= 0.6 is 46.3 Å². The van der Waals surface area contributed by atoms with Crippen molar-refractivity contribution in [1.29, 1.82) is 5.41 Å². The molecule has 154 valence electrons. The highest BCUT2D eigenvalue weighted by atomic mass is 35.5. The highest BCUT2D eigenvalue weighted by Crippen LogP contribution is 2.42. The Balaban J connectivity index is 2.12. The van der Waals surface area contributed by atoms with Crippen molar-refractivity contribution < 1.29 is 26.3 Å². The van der Waals surface area contributed by atoms with Gasteiger partial charge in [-0.1, -0.05) is 52.7 Å². The van der Waals surface area contributed by atoms with Gasteiger partial charge in [0.2, 0.25) is 4.80 Å². The lowest BCUT2D eigenvalue weighted by Gasteiger charge is -2.12. The third kappa shape index (κ3) is 4.90. The molecule has 0 bridgehead atoms. The lowest BCUT2D eigenvalue weighted by molar-refractivity contribution is -0.137. The molecule has 13 heteroatoms. The molecule has 1 aromatic heterocycles. The SMILES string of the molecule is N=c1sc(-c2ccccc2SC(F)(F)F)nn1-c1c(Cl)cc(C(F)(F)F)cc1Cl. The smallest absolute Gasteiger partial charge is 0.273 e. The summed E-state index contributed by atoms with van der Waals surface area (Å²) in [4.78, 5) is -0.416. The molecule has 0 aliphatic heterocycles. The van der Waals surface area contributed by atoms with Gasteiger partial charge in [-0.3, -0.25) is 5.41 Å². The summed E-state index contributed by atoms with van der Waals surface area (Å²) < 4.78 is 78.0. The summed E-state index contributed by atoms with van der Waals surface area (Å²) in [5.41, 5.74) is -5.67. The Bertz CT molecular complexity index is 1100. The number of benzene rings is 2. The van der Waals surface area contributed by atoms with Gasteiger partial charge in [0.1, 0.15) is 10.7 Å². The molecule has 3 rings (SSSR count). The van der Waals surface area contributed by atoms with Crippen LogP contribution in [0.15, 0.2) is 41.3 Å². The van der Waals surface area contributed by atoms with Gasteiger partial charge in [-0.25, -0.2) is 4.68 Å². The topological polar surface area (TPSA) is 41.7 Å². The van der Waals surface area contributed by atoms with Crippen LogP contribution in [0.5, 0.6) is 0 Å². The van der Waals surface area contributed by atoms with Crippen LogP contribution < -0.4 is 4.80 Å². The summed E-state index contributed by atoms with van der Waals surface area (Å²) in [6.07, 6.45) is -4.68. The summed E-state index contributed by atoms with van der Waals surface area (Å²) in [7, 11) is 0. The quantitative estimate of drug-likeness (QED) is 0.317. The molecule has 0 fully saturated rings. The third-order valence-electron chi connectivity index (χ3n) is 3.48. The monoisotopic (exact) mass is 489 g/mol. The van der Waals surface area contributed by atoms with Crippen molar-refractivity contribution in [2.45, 2.75) is 16.6 Å². The van der Waals surface area contributed by atoms with Crippen LogP contribution in [0, 0.1) is 5.41 Å². The van der Waals surface area contributed by atoms with E-state index in [1.807, 2.05) is 0 Å². The number of halogens is 8. The first-order valence-electron chi connectivity index (χ1n) is 7.43. The van der Waals surface area contributed by atoms with E-state index in [0.717, 1.165) is 16.0 Å². The van der Waals surface area contributed by atoms with E-state index in [0.29, 0.717) is 12.1 Å². The zero-order chi connectivity index (χ0) is 21.6. The van der Waals surface area contributed by atoms with E-state index in [2.05, 4.69) is 5.10 Å². The van der Waals surface area contributed by atoms with E-state index in [1.165, 1.54) is 24.3 Å². The highest BCUT2D eigenvalue weighted by Gasteiger charge is 2.33. The Hall–Kier alpha value is -1.69. The van der Waals surface area contributed by atoms with Gasteiger partial charge in [-0.2, -0.15) is 31.4 Å². The molecule has 0 aliphatic rings. The number of nitrogens with one attached hydrogen (secondary N) is 1.